The van der Waals surface area contributed by atoms with Gasteiger partial charge < -0.3 is 0 Å². The quantitative estimate of drug-likeness (QED) is 0.134. The first-order chi connectivity index (χ1) is 17.9. The lowest BCUT2D eigenvalue weighted by molar-refractivity contribution is 0.437. The molecule has 1 aliphatic heterocycles. The van der Waals surface area contributed by atoms with Crippen molar-refractivity contribution in [1.29, 1.82) is 0 Å². The van der Waals surface area contributed by atoms with Gasteiger partial charge in [0.05, 0.1) is 6.26 Å². The van der Waals surface area contributed by atoms with Crippen LogP contribution >= 0.6 is 0 Å². The van der Waals surface area contributed by atoms with E-state index in [0.29, 0.717) is 13.1 Å². The zero-order chi connectivity index (χ0) is 25.2. The average Bonchev–Trinajstić information content (AvgIpc) is 3.35. The van der Waals surface area contributed by atoms with Gasteiger partial charge in [-0.3, -0.25) is 0 Å². The lowest BCUT2D eigenvalue weighted by Crippen LogP contribution is -2.23. The average molecular weight is 498 g/mol. The highest BCUT2D eigenvalue weighted by Crippen LogP contribution is 2.50. The van der Waals surface area contributed by atoms with Crippen molar-refractivity contribution >= 4 is 74.7 Å². The molecule has 7 aromatic carbocycles. The van der Waals surface area contributed by atoms with Crippen LogP contribution in [0.25, 0.3) is 64.6 Å². The van der Waals surface area contributed by atoms with Gasteiger partial charge in [0.15, 0.2) is 0 Å². The van der Waals surface area contributed by atoms with Gasteiger partial charge in [-0.1, -0.05) is 66.6 Å². The van der Waals surface area contributed by atoms with Crippen molar-refractivity contribution < 1.29 is 8.42 Å². The molecular weight excluding hydrogens is 474 g/mol. The third-order valence-electron chi connectivity index (χ3n) is 8.53. The van der Waals surface area contributed by atoms with Crippen LogP contribution in [0, 0.1) is 18.8 Å². The first kappa shape index (κ1) is 21.2. The van der Waals surface area contributed by atoms with Crippen molar-refractivity contribution in [2.75, 3.05) is 6.26 Å². The maximum Gasteiger partial charge on any atom is 0.211 e. The summed E-state index contributed by atoms with van der Waals surface area (Å²) in [4.78, 5) is 0. The Kier molecular flexibility index (Phi) is 3.95. The van der Waals surface area contributed by atoms with Crippen LogP contribution in [0.1, 0.15) is 29.2 Å². The second-order valence-corrected chi connectivity index (χ2v) is 12.4. The number of sulfonamides is 1. The number of rotatable bonds is 1. The molecule has 1 heterocycles. The van der Waals surface area contributed by atoms with Gasteiger partial charge in [-0.2, -0.15) is 4.31 Å². The van der Waals surface area contributed by atoms with Crippen LogP contribution < -0.4 is 0 Å². The van der Waals surface area contributed by atoms with Crippen molar-refractivity contribution in [3.8, 4) is 11.8 Å². The molecule has 0 fully saturated rings. The third-order valence-corrected chi connectivity index (χ3v) is 9.72. The Labute approximate surface area is 215 Å². The number of fused-ring (bicyclic) bond motifs is 6. The minimum atomic E-state index is -3.35. The SMILES string of the molecule is CC#Cc1c2c(c3c4ccc5cccc6c7cccc8ccc(c3c1C)c(c87)c4c56)CN(S(C)(=O)=O)C2. The Morgan fingerprint density at radius 2 is 1.24 bits per heavy atom. The third kappa shape index (κ3) is 2.53. The molecule has 0 spiro atoms. The fourth-order valence-electron chi connectivity index (χ4n) is 7.05. The van der Waals surface area contributed by atoms with Gasteiger partial charge in [-0.05, 0) is 95.2 Å². The molecule has 0 aliphatic carbocycles. The summed E-state index contributed by atoms with van der Waals surface area (Å²) in [5.41, 5.74) is 4.26. The van der Waals surface area contributed by atoms with Crippen LogP contribution in [0.2, 0.25) is 0 Å². The van der Waals surface area contributed by atoms with E-state index in [9.17, 15) is 8.42 Å². The van der Waals surface area contributed by atoms with E-state index in [1.807, 2.05) is 6.92 Å². The Balaban J connectivity index is 1.74. The summed E-state index contributed by atoms with van der Waals surface area (Å²) in [6, 6.07) is 22.2. The monoisotopic (exact) mass is 497 g/mol. The molecule has 1 aliphatic rings. The van der Waals surface area contributed by atoms with E-state index in [4.69, 9.17) is 0 Å². The van der Waals surface area contributed by atoms with E-state index in [1.165, 1.54) is 70.9 Å². The minimum Gasteiger partial charge on any atom is -0.212 e. The summed E-state index contributed by atoms with van der Waals surface area (Å²) < 4.78 is 27.0. The van der Waals surface area contributed by atoms with Gasteiger partial charge in [0.1, 0.15) is 0 Å². The largest absolute Gasteiger partial charge is 0.212 e. The van der Waals surface area contributed by atoms with E-state index in [2.05, 4.69) is 79.4 Å². The molecule has 0 bridgehead atoms. The molecule has 0 saturated heterocycles. The van der Waals surface area contributed by atoms with E-state index in [0.717, 1.165) is 22.3 Å². The summed E-state index contributed by atoms with van der Waals surface area (Å²) >= 11 is 0. The molecule has 4 heteroatoms. The van der Waals surface area contributed by atoms with Crippen LogP contribution in [0.15, 0.2) is 60.7 Å². The lowest BCUT2D eigenvalue weighted by Gasteiger charge is -2.22. The standard InChI is InChI=1S/C33H23NO2S/c1-4-7-21-18(2)28-24-14-12-19-8-5-10-22-23-11-6-9-20-13-15-25(33(30(20)23)32(24)29(19)22)31(28)27-17-34(16-26(21)27)37(3,35)36/h5-6,8-15H,16-17H2,1-3H3. The highest BCUT2D eigenvalue weighted by atomic mass is 32.2. The van der Waals surface area contributed by atoms with Gasteiger partial charge in [0.25, 0.3) is 0 Å². The van der Waals surface area contributed by atoms with Crippen LogP contribution in [-0.2, 0) is 23.1 Å². The summed E-state index contributed by atoms with van der Waals surface area (Å²) in [6.45, 7) is 4.76. The molecule has 0 radical (unpaired) electrons. The van der Waals surface area contributed by atoms with Crippen molar-refractivity contribution in [2.24, 2.45) is 0 Å². The van der Waals surface area contributed by atoms with Gasteiger partial charge in [0.2, 0.25) is 10.0 Å². The van der Waals surface area contributed by atoms with Crippen molar-refractivity contribution in [2.45, 2.75) is 26.9 Å². The second-order valence-electron chi connectivity index (χ2n) is 10.4. The number of hydrogen-bond donors (Lipinski definition) is 0. The molecule has 7 aromatic rings. The molecule has 0 amide bonds. The summed E-state index contributed by atoms with van der Waals surface area (Å²) in [5.74, 6) is 6.46. The van der Waals surface area contributed by atoms with E-state index in [-0.39, 0.29) is 0 Å². The number of benzene rings is 7. The molecule has 0 aromatic heterocycles. The predicted octanol–water partition coefficient (Wildman–Crippen LogP) is 7.44. The number of hydrogen-bond acceptors (Lipinski definition) is 2. The lowest BCUT2D eigenvalue weighted by atomic mass is 9.80. The van der Waals surface area contributed by atoms with Crippen molar-refractivity contribution in [3.05, 3.63) is 82.9 Å². The minimum absolute atomic E-state index is 0.370. The normalized spacial score (nSPS) is 14.6. The highest BCUT2D eigenvalue weighted by Gasteiger charge is 2.32. The van der Waals surface area contributed by atoms with Crippen LogP contribution in [-0.4, -0.2) is 19.0 Å². The predicted molar refractivity (Wildman–Crippen MR) is 155 cm³/mol. The molecule has 0 N–H and O–H groups in total. The number of aryl methyl sites for hydroxylation is 1. The fraction of sp³-hybridized carbons (Fsp3) is 0.152. The fourth-order valence-corrected chi connectivity index (χ4v) is 7.78. The summed E-state index contributed by atoms with van der Waals surface area (Å²) in [6.07, 6.45) is 1.30. The van der Waals surface area contributed by atoms with Gasteiger partial charge in [-0.15, -0.1) is 5.92 Å². The maximum atomic E-state index is 12.7. The number of nitrogens with zero attached hydrogens (tertiary/aromatic N) is 1. The first-order valence-electron chi connectivity index (χ1n) is 12.6. The van der Waals surface area contributed by atoms with E-state index >= 15 is 0 Å². The molecule has 3 nitrogen and oxygen atoms in total. The van der Waals surface area contributed by atoms with Crippen molar-refractivity contribution in [3.63, 3.8) is 0 Å². The molecule has 0 saturated carbocycles. The van der Waals surface area contributed by atoms with Gasteiger partial charge in [0, 0.05) is 18.7 Å². The topological polar surface area (TPSA) is 37.4 Å². The highest BCUT2D eigenvalue weighted by molar-refractivity contribution is 7.88. The van der Waals surface area contributed by atoms with Gasteiger partial charge in [-0.25, -0.2) is 8.42 Å². The molecule has 0 atom stereocenters. The Bertz CT molecular complexity index is 2300. The second kappa shape index (κ2) is 6.89. The zero-order valence-electron chi connectivity index (χ0n) is 20.9. The zero-order valence-corrected chi connectivity index (χ0v) is 21.7. The van der Waals surface area contributed by atoms with E-state index < -0.39 is 10.0 Å². The Hall–Kier alpha value is -3.91. The van der Waals surface area contributed by atoms with Crippen LogP contribution in [0.5, 0.6) is 0 Å². The molecule has 37 heavy (non-hydrogen) atoms. The van der Waals surface area contributed by atoms with Crippen LogP contribution in [0.4, 0.5) is 0 Å². The summed E-state index contributed by atoms with van der Waals surface area (Å²) in [5, 5.41) is 15.0. The maximum absolute atomic E-state index is 12.7. The Morgan fingerprint density at radius 1 is 0.676 bits per heavy atom. The van der Waals surface area contributed by atoms with Gasteiger partial charge >= 0.3 is 0 Å². The summed E-state index contributed by atoms with van der Waals surface area (Å²) in [7, 11) is -3.35. The molecule has 0 unspecified atom stereocenters. The smallest absolute Gasteiger partial charge is 0.211 e. The first-order valence-corrected chi connectivity index (χ1v) is 14.4. The van der Waals surface area contributed by atoms with E-state index in [1.54, 1.807) is 4.31 Å². The molecule has 8 rings (SSSR count). The molecule has 178 valence electrons. The van der Waals surface area contributed by atoms with Crippen molar-refractivity contribution in [1.82, 2.24) is 4.31 Å². The molecular formula is C33H23NO2S. The Morgan fingerprint density at radius 3 is 1.81 bits per heavy atom. The van der Waals surface area contributed by atoms with Crippen LogP contribution in [0.3, 0.4) is 0 Å².